The van der Waals surface area contributed by atoms with Crippen molar-refractivity contribution in [2.75, 3.05) is 38.5 Å². The van der Waals surface area contributed by atoms with Crippen molar-refractivity contribution in [2.45, 2.75) is 51.6 Å². The zero-order valence-corrected chi connectivity index (χ0v) is 16.9. The lowest BCUT2D eigenvalue weighted by Gasteiger charge is -2.43. The normalized spacial score (nSPS) is 23.3. The lowest BCUT2D eigenvalue weighted by atomic mass is 9.84. The van der Waals surface area contributed by atoms with Crippen LogP contribution in [0.1, 0.15) is 36.8 Å². The Morgan fingerprint density at radius 3 is 2.58 bits per heavy atom. The average Bonchev–Trinajstić information content (AvgIpc) is 3.01. The van der Waals surface area contributed by atoms with Gasteiger partial charge in [0.1, 0.15) is 0 Å². The Labute approximate surface area is 159 Å². The highest BCUT2D eigenvalue weighted by Crippen LogP contribution is 2.37. The molecule has 0 aromatic carbocycles. The third kappa shape index (κ3) is 4.24. The van der Waals surface area contributed by atoms with Gasteiger partial charge in [-0.25, -0.2) is 4.98 Å². The van der Waals surface area contributed by atoms with Crippen molar-refractivity contribution < 1.29 is 9.59 Å². The molecule has 0 radical (unpaired) electrons. The number of likely N-dealkylation sites (N-methyl/N-ethyl adjacent to an activating group) is 1. The van der Waals surface area contributed by atoms with Gasteiger partial charge in [-0.3, -0.25) is 19.4 Å². The van der Waals surface area contributed by atoms with E-state index in [9.17, 15) is 9.59 Å². The molecule has 3 rings (SSSR count). The van der Waals surface area contributed by atoms with Gasteiger partial charge in [0.25, 0.3) is 0 Å². The molecule has 2 aliphatic rings. The first-order valence-corrected chi connectivity index (χ1v) is 10.0. The standard InChI is InChI=1S/C18H29N5O2S/c1-12-13(2)26-17(19-12)21-16(25)11-23-7-5-18(6-8-23)9-15(10-22(18)4)20-14(3)24/h15H,5-11H2,1-4H3,(H,20,24)(H,19,21,25)/t15-/m1/s1. The van der Waals surface area contributed by atoms with Crippen LogP contribution >= 0.6 is 11.3 Å². The molecule has 2 aliphatic heterocycles. The monoisotopic (exact) mass is 379 g/mol. The Bertz CT molecular complexity index is 662. The van der Waals surface area contributed by atoms with E-state index in [0.717, 1.165) is 49.5 Å². The summed E-state index contributed by atoms with van der Waals surface area (Å²) in [4.78, 5) is 33.8. The molecule has 1 aromatic heterocycles. The summed E-state index contributed by atoms with van der Waals surface area (Å²) in [5, 5.41) is 6.66. The summed E-state index contributed by atoms with van der Waals surface area (Å²) in [6.45, 7) is 8.67. The number of hydrogen-bond donors (Lipinski definition) is 2. The van der Waals surface area contributed by atoms with Crippen molar-refractivity contribution in [3.05, 3.63) is 10.6 Å². The van der Waals surface area contributed by atoms with Crippen LogP contribution in [0.4, 0.5) is 5.13 Å². The number of nitrogens with one attached hydrogen (secondary N) is 2. The van der Waals surface area contributed by atoms with E-state index in [4.69, 9.17) is 0 Å². The number of hydrogen-bond acceptors (Lipinski definition) is 6. The van der Waals surface area contributed by atoms with E-state index in [0.29, 0.717) is 11.7 Å². The Hall–Kier alpha value is -1.51. The SMILES string of the molecule is CC(=O)N[C@H]1CN(C)C2(CCN(CC(=O)Nc3nc(C)c(C)s3)CC2)C1. The number of likely N-dealkylation sites (tertiary alicyclic amines) is 2. The van der Waals surface area contributed by atoms with Crippen molar-refractivity contribution >= 4 is 28.3 Å². The summed E-state index contributed by atoms with van der Waals surface area (Å²) < 4.78 is 0. The minimum atomic E-state index is 0.00518. The summed E-state index contributed by atoms with van der Waals surface area (Å²) in [6.07, 6.45) is 3.06. The fourth-order valence-corrected chi connectivity index (χ4v) is 5.02. The van der Waals surface area contributed by atoms with Gasteiger partial charge in [0.15, 0.2) is 5.13 Å². The highest BCUT2D eigenvalue weighted by Gasteiger charge is 2.45. The third-order valence-electron chi connectivity index (χ3n) is 5.77. The van der Waals surface area contributed by atoms with E-state index in [1.165, 1.54) is 11.3 Å². The van der Waals surface area contributed by atoms with Crippen LogP contribution in [0.5, 0.6) is 0 Å². The Balaban J connectivity index is 1.49. The molecule has 7 nitrogen and oxygen atoms in total. The zero-order chi connectivity index (χ0) is 18.9. The number of anilines is 1. The first-order chi connectivity index (χ1) is 12.3. The van der Waals surface area contributed by atoms with Gasteiger partial charge in [-0.1, -0.05) is 0 Å². The number of nitrogens with zero attached hydrogens (tertiary/aromatic N) is 3. The van der Waals surface area contributed by atoms with Gasteiger partial charge in [0.05, 0.1) is 12.2 Å². The second-order valence-electron chi connectivity index (χ2n) is 7.69. The van der Waals surface area contributed by atoms with Crippen LogP contribution in [0.25, 0.3) is 0 Å². The minimum Gasteiger partial charge on any atom is -0.352 e. The van der Waals surface area contributed by atoms with Gasteiger partial charge >= 0.3 is 0 Å². The zero-order valence-electron chi connectivity index (χ0n) is 16.1. The van der Waals surface area contributed by atoms with E-state index in [1.54, 1.807) is 6.92 Å². The van der Waals surface area contributed by atoms with Crippen LogP contribution in [0, 0.1) is 13.8 Å². The smallest absolute Gasteiger partial charge is 0.240 e. The second kappa shape index (κ2) is 7.62. The molecule has 8 heteroatoms. The maximum Gasteiger partial charge on any atom is 0.240 e. The van der Waals surface area contributed by atoms with Crippen LogP contribution in [-0.2, 0) is 9.59 Å². The highest BCUT2D eigenvalue weighted by molar-refractivity contribution is 7.15. The second-order valence-corrected chi connectivity index (χ2v) is 8.89. The molecule has 144 valence electrons. The number of aromatic nitrogens is 1. The number of amides is 2. The van der Waals surface area contributed by atoms with Crippen LogP contribution in [-0.4, -0.2) is 71.4 Å². The van der Waals surface area contributed by atoms with E-state index >= 15 is 0 Å². The molecule has 2 amide bonds. The molecule has 1 spiro atoms. The van der Waals surface area contributed by atoms with Gasteiger partial charge in [0.2, 0.25) is 11.8 Å². The van der Waals surface area contributed by atoms with Gasteiger partial charge in [0, 0.05) is 43.0 Å². The van der Waals surface area contributed by atoms with Gasteiger partial charge < -0.3 is 10.6 Å². The Morgan fingerprint density at radius 2 is 2.00 bits per heavy atom. The molecule has 0 saturated carbocycles. The molecule has 1 aromatic rings. The van der Waals surface area contributed by atoms with Crippen molar-refractivity contribution in [2.24, 2.45) is 0 Å². The molecule has 0 aliphatic carbocycles. The lowest BCUT2D eigenvalue weighted by Crippen LogP contribution is -2.51. The summed E-state index contributed by atoms with van der Waals surface area (Å²) >= 11 is 1.52. The van der Waals surface area contributed by atoms with E-state index in [-0.39, 0.29) is 23.4 Å². The molecule has 2 N–H and O–H groups in total. The molecule has 2 saturated heterocycles. The van der Waals surface area contributed by atoms with Crippen molar-refractivity contribution in [3.8, 4) is 0 Å². The van der Waals surface area contributed by atoms with Gasteiger partial charge in [-0.15, -0.1) is 11.3 Å². The molecule has 3 heterocycles. The van der Waals surface area contributed by atoms with E-state index < -0.39 is 0 Å². The van der Waals surface area contributed by atoms with Crippen molar-refractivity contribution in [1.82, 2.24) is 20.1 Å². The summed E-state index contributed by atoms with van der Waals surface area (Å²) in [5.41, 5.74) is 1.13. The molecule has 26 heavy (non-hydrogen) atoms. The summed E-state index contributed by atoms with van der Waals surface area (Å²) in [7, 11) is 2.15. The fourth-order valence-electron chi connectivity index (χ4n) is 4.19. The van der Waals surface area contributed by atoms with Crippen LogP contribution in [0.3, 0.4) is 0 Å². The summed E-state index contributed by atoms with van der Waals surface area (Å²) in [6, 6.07) is 0.240. The molecule has 0 unspecified atom stereocenters. The Kier molecular flexibility index (Phi) is 5.64. The van der Waals surface area contributed by atoms with Crippen LogP contribution in [0.15, 0.2) is 0 Å². The van der Waals surface area contributed by atoms with E-state index in [2.05, 4.69) is 32.5 Å². The molecular formula is C18H29N5O2S. The van der Waals surface area contributed by atoms with Gasteiger partial charge in [-0.05, 0) is 40.2 Å². The molecular weight excluding hydrogens is 350 g/mol. The lowest BCUT2D eigenvalue weighted by molar-refractivity contribution is -0.120. The van der Waals surface area contributed by atoms with Gasteiger partial charge in [-0.2, -0.15) is 0 Å². The topological polar surface area (TPSA) is 77.6 Å². The average molecular weight is 380 g/mol. The van der Waals surface area contributed by atoms with Crippen LogP contribution < -0.4 is 10.6 Å². The van der Waals surface area contributed by atoms with Crippen molar-refractivity contribution in [3.63, 3.8) is 0 Å². The summed E-state index contributed by atoms with van der Waals surface area (Å²) in [5.74, 6) is 0.0489. The number of rotatable bonds is 4. The number of carbonyl (C=O) groups excluding carboxylic acids is 2. The number of carbonyl (C=O) groups is 2. The number of thiazole rings is 1. The fraction of sp³-hybridized carbons (Fsp3) is 0.722. The number of piperidine rings is 1. The quantitative estimate of drug-likeness (QED) is 0.826. The first-order valence-electron chi connectivity index (χ1n) is 9.22. The predicted molar refractivity (Wildman–Crippen MR) is 103 cm³/mol. The molecule has 0 bridgehead atoms. The van der Waals surface area contributed by atoms with E-state index in [1.807, 2.05) is 13.8 Å². The van der Waals surface area contributed by atoms with Crippen LogP contribution in [0.2, 0.25) is 0 Å². The predicted octanol–water partition coefficient (Wildman–Crippen LogP) is 1.37. The largest absolute Gasteiger partial charge is 0.352 e. The first kappa shape index (κ1) is 19.3. The maximum absolute atomic E-state index is 12.3. The Morgan fingerprint density at radius 1 is 1.31 bits per heavy atom. The maximum atomic E-state index is 12.3. The van der Waals surface area contributed by atoms with Crippen molar-refractivity contribution in [1.29, 1.82) is 0 Å². The molecule has 1 atom stereocenters. The highest BCUT2D eigenvalue weighted by atomic mass is 32.1. The third-order valence-corrected chi connectivity index (χ3v) is 6.75. The number of aryl methyl sites for hydroxylation is 2. The molecule has 2 fully saturated rings. The minimum absolute atomic E-state index is 0.00518.